The zero-order chi connectivity index (χ0) is 7.11. The minimum atomic E-state index is 0. The predicted molar refractivity (Wildman–Crippen MR) is 42.3 cm³/mol. The Hall–Kier alpha value is 0.622. The van der Waals surface area contributed by atoms with E-state index in [1.54, 1.807) is 0 Å². The Labute approximate surface area is 78.6 Å². The van der Waals surface area contributed by atoms with Gasteiger partial charge in [-0.3, -0.25) is 0 Å². The summed E-state index contributed by atoms with van der Waals surface area (Å²) in [6.45, 7) is 8.58. The van der Waals surface area contributed by atoms with Gasteiger partial charge in [-0.15, -0.1) is 6.54 Å². The van der Waals surface area contributed by atoms with Crippen molar-refractivity contribution in [3.8, 4) is 0 Å². The van der Waals surface area contributed by atoms with Crippen molar-refractivity contribution in [1.29, 1.82) is 0 Å². The molecule has 0 aromatic rings. The van der Waals surface area contributed by atoms with Crippen LogP contribution in [0, 0.1) is 12.3 Å². The third-order valence-corrected chi connectivity index (χ3v) is 1.44. The number of nitrogens with one attached hydrogen (secondary N) is 1. The Morgan fingerprint density at radius 2 is 2.00 bits per heavy atom. The molecule has 1 aliphatic heterocycles. The molecule has 0 aliphatic carbocycles. The third-order valence-electron chi connectivity index (χ3n) is 1.44. The Morgan fingerprint density at radius 3 is 2.20 bits per heavy atom. The van der Waals surface area contributed by atoms with Crippen molar-refractivity contribution >= 4 is 0 Å². The van der Waals surface area contributed by atoms with E-state index in [2.05, 4.69) is 18.7 Å². The summed E-state index contributed by atoms with van der Waals surface area (Å²) < 4.78 is 0. The molecule has 0 aromatic heterocycles. The second-order valence-electron chi connectivity index (χ2n) is 2.21. The molecule has 10 heavy (non-hydrogen) atoms. The molecule has 0 saturated carbocycles. The summed E-state index contributed by atoms with van der Waals surface area (Å²) in [5, 5.41) is 3.26. The molecule has 1 aliphatic rings. The molecule has 0 spiro atoms. The molecule has 1 heterocycles. The van der Waals surface area contributed by atoms with Crippen LogP contribution in [-0.4, -0.2) is 13.1 Å². The van der Waals surface area contributed by atoms with Crippen molar-refractivity contribution in [3.05, 3.63) is 6.42 Å². The summed E-state index contributed by atoms with van der Waals surface area (Å²) in [7, 11) is 0. The molecule has 1 fully saturated rings. The summed E-state index contributed by atoms with van der Waals surface area (Å²) in [6.07, 6.45) is 3.64. The van der Waals surface area contributed by atoms with Crippen LogP contribution in [0.5, 0.6) is 0 Å². The molecule has 1 atom stereocenters. The van der Waals surface area contributed by atoms with Crippen LogP contribution in [0.2, 0.25) is 0 Å². The summed E-state index contributed by atoms with van der Waals surface area (Å²) >= 11 is 0. The molecule has 1 rings (SSSR count). The van der Waals surface area contributed by atoms with E-state index < -0.39 is 0 Å². The van der Waals surface area contributed by atoms with Crippen LogP contribution in [0.15, 0.2) is 0 Å². The third kappa shape index (κ3) is 6.74. The number of piperidine rings is 1. The van der Waals surface area contributed by atoms with E-state index in [0.717, 1.165) is 12.5 Å². The van der Waals surface area contributed by atoms with Gasteiger partial charge in [0.1, 0.15) is 0 Å². The van der Waals surface area contributed by atoms with E-state index >= 15 is 0 Å². The first-order valence-electron chi connectivity index (χ1n) is 3.93. The zero-order valence-electron chi connectivity index (χ0n) is 7.09. The predicted octanol–water partition coefficient (Wildman–Crippen LogP) is 1.84. The minimum absolute atomic E-state index is 0. The molecule has 1 saturated heterocycles. The van der Waals surface area contributed by atoms with Gasteiger partial charge in [0, 0.05) is 20.4 Å². The van der Waals surface area contributed by atoms with E-state index in [1.807, 2.05) is 13.8 Å². The molecular weight excluding hydrogens is 217 g/mol. The first kappa shape index (κ1) is 13.2. The molecule has 0 amide bonds. The van der Waals surface area contributed by atoms with Crippen LogP contribution in [0.25, 0.3) is 0 Å². The molecule has 0 aromatic carbocycles. The van der Waals surface area contributed by atoms with Crippen molar-refractivity contribution < 1.29 is 20.4 Å². The van der Waals surface area contributed by atoms with Crippen LogP contribution in [-0.2, 0) is 20.4 Å². The van der Waals surface area contributed by atoms with Crippen LogP contribution >= 0.6 is 0 Å². The quantitative estimate of drug-likeness (QED) is 0.498. The molecule has 0 radical (unpaired) electrons. The van der Waals surface area contributed by atoms with Crippen molar-refractivity contribution in [2.75, 3.05) is 13.1 Å². The van der Waals surface area contributed by atoms with Gasteiger partial charge in [-0.2, -0.15) is 5.92 Å². The molecule has 1 nitrogen and oxygen atoms in total. The van der Waals surface area contributed by atoms with Gasteiger partial charge in [0.15, 0.2) is 0 Å². The Bertz CT molecular complexity index is 51.2. The van der Waals surface area contributed by atoms with Crippen molar-refractivity contribution in [1.82, 2.24) is 5.32 Å². The zero-order valence-corrected chi connectivity index (χ0v) is 8.65. The largest absolute Gasteiger partial charge is 0.346 e. The molecule has 66 valence electrons. The normalized spacial score (nSPS) is 23.7. The number of rotatable bonds is 0. The van der Waals surface area contributed by atoms with E-state index in [0.29, 0.717) is 0 Å². The van der Waals surface area contributed by atoms with Crippen LogP contribution in [0.4, 0.5) is 0 Å². The first-order chi connectivity index (χ1) is 4.39. The van der Waals surface area contributed by atoms with Gasteiger partial charge >= 0.3 is 0 Å². The summed E-state index contributed by atoms with van der Waals surface area (Å²) in [5.74, 6) is 0.848. The summed E-state index contributed by atoms with van der Waals surface area (Å²) in [6, 6.07) is 0. The fraction of sp³-hybridized carbons (Fsp3) is 0.875. The number of hydrogen-bond acceptors (Lipinski definition) is 1. The van der Waals surface area contributed by atoms with Crippen molar-refractivity contribution in [2.45, 2.75) is 27.2 Å². The Balaban J connectivity index is 0. The van der Waals surface area contributed by atoms with Crippen molar-refractivity contribution in [2.24, 2.45) is 5.92 Å². The van der Waals surface area contributed by atoms with Gasteiger partial charge in [-0.25, -0.2) is 0 Å². The second kappa shape index (κ2) is 9.62. The monoisotopic (exact) mass is 234 g/mol. The Morgan fingerprint density at radius 1 is 1.40 bits per heavy atom. The molecular formula is C8H18NPd-. The molecule has 0 bridgehead atoms. The van der Waals surface area contributed by atoms with Crippen LogP contribution in [0.3, 0.4) is 0 Å². The first-order valence-corrected chi connectivity index (χ1v) is 3.93. The maximum atomic E-state index is 3.26. The fourth-order valence-electron chi connectivity index (χ4n) is 0.834. The topological polar surface area (TPSA) is 12.0 Å². The van der Waals surface area contributed by atoms with E-state index in [9.17, 15) is 0 Å². The van der Waals surface area contributed by atoms with Gasteiger partial charge in [-0.05, 0) is 6.54 Å². The minimum Gasteiger partial charge on any atom is -0.346 e. The standard InChI is InChI=1S/C6H12N.C2H6.Pd/c1-6-2-4-7-5-3-6;1-2;/h2,6-7H,3-5H2,1H3;1-2H3;/q-1;;. The molecule has 1 N–H and O–H groups in total. The van der Waals surface area contributed by atoms with Gasteiger partial charge in [0.05, 0.1) is 0 Å². The summed E-state index contributed by atoms with van der Waals surface area (Å²) in [5.41, 5.74) is 0. The van der Waals surface area contributed by atoms with Crippen LogP contribution < -0.4 is 5.32 Å². The van der Waals surface area contributed by atoms with Crippen LogP contribution in [0.1, 0.15) is 27.2 Å². The van der Waals surface area contributed by atoms with Gasteiger partial charge in [-0.1, -0.05) is 27.2 Å². The summed E-state index contributed by atoms with van der Waals surface area (Å²) in [4.78, 5) is 0. The Kier molecular flexibility index (Phi) is 12.7. The van der Waals surface area contributed by atoms with E-state index in [4.69, 9.17) is 0 Å². The number of hydrogen-bond donors (Lipinski definition) is 1. The van der Waals surface area contributed by atoms with Gasteiger partial charge in [0.2, 0.25) is 0 Å². The average molecular weight is 235 g/mol. The van der Waals surface area contributed by atoms with E-state index in [-0.39, 0.29) is 20.4 Å². The SMILES string of the molecule is CC.CC1[CH-]CNCC1.[Pd]. The van der Waals surface area contributed by atoms with E-state index in [1.165, 1.54) is 13.0 Å². The molecule has 1 unspecified atom stereocenters. The second-order valence-corrected chi connectivity index (χ2v) is 2.21. The average Bonchev–Trinajstić information content (AvgIpc) is 1.94. The fourth-order valence-corrected chi connectivity index (χ4v) is 0.834. The molecule has 2 heteroatoms. The van der Waals surface area contributed by atoms with Gasteiger partial charge < -0.3 is 11.7 Å². The van der Waals surface area contributed by atoms with Crippen molar-refractivity contribution in [3.63, 3.8) is 0 Å². The smallest absolute Gasteiger partial charge is 0 e. The maximum Gasteiger partial charge on any atom is 0 e. The maximum absolute atomic E-state index is 3.26. The van der Waals surface area contributed by atoms with Gasteiger partial charge in [0.25, 0.3) is 0 Å².